The third-order valence-electron chi connectivity index (χ3n) is 3.27. The van der Waals surface area contributed by atoms with E-state index in [1.165, 1.54) is 6.07 Å². The van der Waals surface area contributed by atoms with Crippen molar-refractivity contribution in [2.24, 2.45) is 0 Å². The number of fused-ring (bicyclic) bond motifs is 1. The summed E-state index contributed by atoms with van der Waals surface area (Å²) in [5.74, 6) is 0.162. The van der Waals surface area contributed by atoms with E-state index < -0.39 is 11.7 Å². The number of nitrogen functional groups attached to an aromatic ring is 1. The van der Waals surface area contributed by atoms with Gasteiger partial charge in [-0.15, -0.1) is 0 Å². The summed E-state index contributed by atoms with van der Waals surface area (Å²) in [7, 11) is 0. The summed E-state index contributed by atoms with van der Waals surface area (Å²) in [6.45, 7) is 1.93. The number of hydrogen-bond donors (Lipinski definition) is 1. The Hall–Kier alpha value is -2.50. The fourth-order valence-corrected chi connectivity index (χ4v) is 2.31. The van der Waals surface area contributed by atoms with Crippen LogP contribution in [0, 0.1) is 6.92 Å². The molecule has 0 amide bonds. The van der Waals surface area contributed by atoms with Gasteiger partial charge in [0, 0.05) is 5.69 Å². The molecule has 0 aliphatic carbocycles. The minimum Gasteiger partial charge on any atom is -0.369 e. The first-order valence-corrected chi connectivity index (χ1v) is 6.28. The number of anilines is 1. The van der Waals surface area contributed by atoms with E-state index >= 15 is 0 Å². The van der Waals surface area contributed by atoms with E-state index in [2.05, 4.69) is 4.98 Å². The van der Waals surface area contributed by atoms with Crippen LogP contribution in [0.1, 0.15) is 11.1 Å². The van der Waals surface area contributed by atoms with Crippen LogP contribution in [-0.2, 0) is 6.18 Å². The molecule has 1 heterocycles. The molecular formula is C15H12F3N3. The summed E-state index contributed by atoms with van der Waals surface area (Å²) in [4.78, 5) is 4.03. The standard InChI is InChI=1S/C15H12F3N3/c1-9-3-2-4-11(7-9)21-13-6-5-10(15(16,17)18)8-12(13)20-14(21)19/h2-8H,1H3,(H2,19,20). The second-order valence-corrected chi connectivity index (χ2v) is 4.85. The van der Waals surface area contributed by atoms with Gasteiger partial charge in [0.05, 0.1) is 16.6 Å². The Morgan fingerprint density at radius 3 is 2.52 bits per heavy atom. The van der Waals surface area contributed by atoms with Gasteiger partial charge >= 0.3 is 6.18 Å². The minimum absolute atomic E-state index is 0.162. The Labute approximate surface area is 118 Å². The zero-order chi connectivity index (χ0) is 15.2. The van der Waals surface area contributed by atoms with Crippen LogP contribution in [0.5, 0.6) is 0 Å². The van der Waals surface area contributed by atoms with Crippen LogP contribution < -0.4 is 5.73 Å². The van der Waals surface area contributed by atoms with E-state index in [1.807, 2.05) is 31.2 Å². The van der Waals surface area contributed by atoms with Crippen LogP contribution in [0.15, 0.2) is 42.5 Å². The van der Waals surface area contributed by atoms with Crippen molar-refractivity contribution in [3.63, 3.8) is 0 Å². The number of alkyl halides is 3. The number of rotatable bonds is 1. The lowest BCUT2D eigenvalue weighted by Gasteiger charge is -2.08. The SMILES string of the molecule is Cc1cccc(-n2c(N)nc3cc(C(F)(F)F)ccc32)c1. The van der Waals surface area contributed by atoms with Gasteiger partial charge in [-0.3, -0.25) is 4.57 Å². The average molecular weight is 291 g/mol. The minimum atomic E-state index is -4.39. The number of nitrogens with two attached hydrogens (primary N) is 1. The molecule has 0 bridgehead atoms. The highest BCUT2D eigenvalue weighted by Crippen LogP contribution is 2.32. The molecule has 21 heavy (non-hydrogen) atoms. The summed E-state index contributed by atoms with van der Waals surface area (Å²) < 4.78 is 39.8. The Morgan fingerprint density at radius 2 is 1.86 bits per heavy atom. The van der Waals surface area contributed by atoms with Gasteiger partial charge in [-0.25, -0.2) is 4.98 Å². The lowest BCUT2D eigenvalue weighted by molar-refractivity contribution is -0.137. The second kappa shape index (κ2) is 4.51. The average Bonchev–Trinajstić information content (AvgIpc) is 2.72. The predicted molar refractivity (Wildman–Crippen MR) is 75.2 cm³/mol. The van der Waals surface area contributed by atoms with Gasteiger partial charge in [-0.2, -0.15) is 13.2 Å². The highest BCUT2D eigenvalue weighted by atomic mass is 19.4. The molecule has 6 heteroatoms. The van der Waals surface area contributed by atoms with E-state index in [9.17, 15) is 13.2 Å². The number of aromatic nitrogens is 2. The van der Waals surface area contributed by atoms with Crippen LogP contribution in [0.4, 0.5) is 19.1 Å². The monoisotopic (exact) mass is 291 g/mol. The first kappa shape index (κ1) is 13.5. The van der Waals surface area contributed by atoms with Crippen LogP contribution in [0.3, 0.4) is 0 Å². The van der Waals surface area contributed by atoms with Crippen LogP contribution >= 0.6 is 0 Å². The molecule has 2 aromatic carbocycles. The molecule has 0 saturated heterocycles. The fourth-order valence-electron chi connectivity index (χ4n) is 2.31. The number of benzene rings is 2. The maximum absolute atomic E-state index is 12.7. The van der Waals surface area contributed by atoms with Crippen LogP contribution in [-0.4, -0.2) is 9.55 Å². The first-order chi connectivity index (χ1) is 9.86. The second-order valence-electron chi connectivity index (χ2n) is 4.85. The number of nitrogens with zero attached hydrogens (tertiary/aromatic N) is 2. The Bertz CT molecular complexity index is 819. The highest BCUT2D eigenvalue weighted by Gasteiger charge is 2.31. The molecule has 2 N–H and O–H groups in total. The fraction of sp³-hybridized carbons (Fsp3) is 0.133. The van der Waals surface area contributed by atoms with Crippen molar-refractivity contribution in [1.82, 2.24) is 9.55 Å². The maximum Gasteiger partial charge on any atom is 0.416 e. The normalized spacial score (nSPS) is 12.0. The van der Waals surface area contributed by atoms with Gasteiger partial charge < -0.3 is 5.73 Å². The quantitative estimate of drug-likeness (QED) is 0.738. The number of halogens is 3. The van der Waals surface area contributed by atoms with Gasteiger partial charge in [-0.05, 0) is 42.8 Å². The molecule has 0 saturated carbocycles. The third kappa shape index (κ3) is 2.33. The van der Waals surface area contributed by atoms with Gasteiger partial charge in [-0.1, -0.05) is 12.1 Å². The van der Waals surface area contributed by atoms with Crippen molar-refractivity contribution in [3.05, 3.63) is 53.6 Å². The lowest BCUT2D eigenvalue weighted by Crippen LogP contribution is -2.04. The third-order valence-corrected chi connectivity index (χ3v) is 3.27. The van der Waals surface area contributed by atoms with Crippen molar-refractivity contribution in [3.8, 4) is 5.69 Å². The van der Waals surface area contributed by atoms with E-state index in [1.54, 1.807) is 4.57 Å². The van der Waals surface area contributed by atoms with E-state index in [4.69, 9.17) is 5.73 Å². The molecule has 0 aliphatic rings. The molecule has 0 radical (unpaired) electrons. The van der Waals surface area contributed by atoms with Crippen molar-refractivity contribution in [2.45, 2.75) is 13.1 Å². The molecule has 0 fully saturated rings. The van der Waals surface area contributed by atoms with Crippen molar-refractivity contribution >= 4 is 17.0 Å². The summed E-state index contributed by atoms with van der Waals surface area (Å²) in [5, 5.41) is 0. The molecule has 0 unspecified atom stereocenters. The molecule has 0 atom stereocenters. The largest absolute Gasteiger partial charge is 0.416 e. The molecule has 0 aliphatic heterocycles. The topological polar surface area (TPSA) is 43.8 Å². The summed E-state index contributed by atoms with van der Waals surface area (Å²) in [6, 6.07) is 11.0. The number of imidazole rings is 1. The summed E-state index contributed by atoms with van der Waals surface area (Å²) >= 11 is 0. The molecular weight excluding hydrogens is 279 g/mol. The van der Waals surface area contributed by atoms with E-state index in [-0.39, 0.29) is 11.5 Å². The van der Waals surface area contributed by atoms with Crippen molar-refractivity contribution in [1.29, 1.82) is 0 Å². The zero-order valence-corrected chi connectivity index (χ0v) is 11.1. The maximum atomic E-state index is 12.7. The molecule has 108 valence electrons. The predicted octanol–water partition coefficient (Wildman–Crippen LogP) is 3.93. The van der Waals surface area contributed by atoms with E-state index in [0.717, 1.165) is 23.4 Å². The summed E-state index contributed by atoms with van der Waals surface area (Å²) in [6.07, 6.45) is -4.39. The molecule has 3 rings (SSSR count). The lowest BCUT2D eigenvalue weighted by atomic mass is 10.2. The van der Waals surface area contributed by atoms with Gasteiger partial charge in [0.15, 0.2) is 0 Å². The molecule has 0 spiro atoms. The van der Waals surface area contributed by atoms with Crippen LogP contribution in [0.25, 0.3) is 16.7 Å². The number of aryl methyl sites for hydroxylation is 1. The Kier molecular flexibility index (Phi) is 2.90. The van der Waals surface area contributed by atoms with Crippen molar-refractivity contribution in [2.75, 3.05) is 5.73 Å². The summed E-state index contributed by atoms with van der Waals surface area (Å²) in [5.41, 5.74) is 7.71. The highest BCUT2D eigenvalue weighted by molar-refractivity contribution is 5.81. The van der Waals surface area contributed by atoms with Crippen LogP contribution in [0.2, 0.25) is 0 Å². The number of hydrogen-bond acceptors (Lipinski definition) is 2. The van der Waals surface area contributed by atoms with Gasteiger partial charge in [0.1, 0.15) is 0 Å². The van der Waals surface area contributed by atoms with Gasteiger partial charge in [0.25, 0.3) is 0 Å². The molecule has 3 aromatic rings. The zero-order valence-electron chi connectivity index (χ0n) is 11.1. The Balaban J connectivity index is 2.23. The first-order valence-electron chi connectivity index (χ1n) is 6.28. The molecule has 3 nitrogen and oxygen atoms in total. The van der Waals surface area contributed by atoms with E-state index in [0.29, 0.717) is 5.52 Å². The molecule has 1 aromatic heterocycles. The smallest absolute Gasteiger partial charge is 0.369 e. The Morgan fingerprint density at radius 1 is 1.10 bits per heavy atom. The van der Waals surface area contributed by atoms with Crippen molar-refractivity contribution < 1.29 is 13.2 Å². The van der Waals surface area contributed by atoms with Gasteiger partial charge in [0.2, 0.25) is 5.95 Å².